The predicted octanol–water partition coefficient (Wildman–Crippen LogP) is 2.38. The van der Waals surface area contributed by atoms with Crippen molar-refractivity contribution in [2.75, 3.05) is 13.2 Å². The van der Waals surface area contributed by atoms with E-state index in [1.165, 1.54) is 0 Å². The van der Waals surface area contributed by atoms with Crippen LogP contribution < -0.4 is 0 Å². The maximum atomic E-state index is 12.0. The van der Waals surface area contributed by atoms with Gasteiger partial charge in [0.25, 0.3) is 0 Å². The molecule has 3 rings (SSSR count). The number of ether oxygens (including phenoxy) is 1. The van der Waals surface area contributed by atoms with Crippen LogP contribution in [0.15, 0.2) is 30.3 Å². The molecule has 0 N–H and O–H groups in total. The summed E-state index contributed by atoms with van der Waals surface area (Å²) >= 11 is 0. The van der Waals surface area contributed by atoms with Gasteiger partial charge in [-0.15, -0.1) is 0 Å². The summed E-state index contributed by atoms with van der Waals surface area (Å²) in [7, 11) is 0. The highest BCUT2D eigenvalue weighted by atomic mass is 16.5. The molecule has 1 aromatic carbocycles. The van der Waals surface area contributed by atoms with E-state index in [9.17, 15) is 9.59 Å². The number of rotatable bonds is 5. The lowest BCUT2D eigenvalue weighted by atomic mass is 9.86. The van der Waals surface area contributed by atoms with Crippen LogP contribution in [0.1, 0.15) is 31.2 Å². The van der Waals surface area contributed by atoms with E-state index in [2.05, 4.69) is 0 Å². The number of carbonyl (C=O) groups excluding carboxylic acids is 2. The van der Waals surface area contributed by atoms with Gasteiger partial charge in [-0.2, -0.15) is 0 Å². The minimum atomic E-state index is -0.0739. The quantitative estimate of drug-likeness (QED) is 0.781. The van der Waals surface area contributed by atoms with Crippen LogP contribution in [0.3, 0.4) is 0 Å². The number of hydrogen-bond donors (Lipinski definition) is 0. The van der Waals surface area contributed by atoms with Crippen LogP contribution in [0, 0.1) is 11.8 Å². The summed E-state index contributed by atoms with van der Waals surface area (Å²) in [5.41, 5.74) is 1.14. The third-order valence-electron chi connectivity index (χ3n) is 4.41. The van der Waals surface area contributed by atoms with E-state index in [0.717, 1.165) is 24.8 Å². The van der Waals surface area contributed by atoms with Crippen molar-refractivity contribution < 1.29 is 14.3 Å². The average Bonchev–Trinajstić information content (AvgIpc) is 2.76. The molecule has 0 radical (unpaired) electrons. The van der Waals surface area contributed by atoms with Gasteiger partial charge in [-0.25, -0.2) is 0 Å². The second-order valence-corrected chi connectivity index (χ2v) is 6.09. The van der Waals surface area contributed by atoms with Gasteiger partial charge in [0.1, 0.15) is 0 Å². The summed E-state index contributed by atoms with van der Waals surface area (Å²) in [4.78, 5) is 25.6. The second-order valence-electron chi connectivity index (χ2n) is 6.09. The van der Waals surface area contributed by atoms with Gasteiger partial charge < -0.3 is 9.64 Å². The summed E-state index contributed by atoms with van der Waals surface area (Å²) < 4.78 is 5.36. The first kappa shape index (κ1) is 14.1. The fourth-order valence-electron chi connectivity index (χ4n) is 2.88. The standard InChI is InChI=1S/C17H21NO3/c19-16-9-14(12-21-17(20)15-7-4-8-15)11-18(16)10-13-5-2-1-3-6-13/h1-3,5-6,14-15H,4,7-12H2/t14-/m0/s1. The molecule has 1 heterocycles. The van der Waals surface area contributed by atoms with Crippen molar-refractivity contribution in [3.05, 3.63) is 35.9 Å². The number of amides is 1. The van der Waals surface area contributed by atoms with E-state index >= 15 is 0 Å². The molecule has 2 fully saturated rings. The molecule has 1 saturated heterocycles. The van der Waals surface area contributed by atoms with Crippen molar-refractivity contribution in [1.82, 2.24) is 4.90 Å². The van der Waals surface area contributed by atoms with E-state index in [-0.39, 0.29) is 23.7 Å². The van der Waals surface area contributed by atoms with Crippen LogP contribution in [-0.4, -0.2) is 29.9 Å². The fraction of sp³-hybridized carbons (Fsp3) is 0.529. The molecule has 0 aromatic heterocycles. The number of carbonyl (C=O) groups is 2. The summed E-state index contributed by atoms with van der Waals surface area (Å²) in [5.74, 6) is 0.339. The molecule has 4 nitrogen and oxygen atoms in total. The molecule has 112 valence electrons. The Hall–Kier alpha value is -1.84. The molecule has 1 aliphatic carbocycles. The van der Waals surface area contributed by atoms with Gasteiger partial charge >= 0.3 is 5.97 Å². The van der Waals surface area contributed by atoms with Crippen molar-refractivity contribution in [3.63, 3.8) is 0 Å². The number of benzene rings is 1. The van der Waals surface area contributed by atoms with Gasteiger partial charge in [0.2, 0.25) is 5.91 Å². The van der Waals surface area contributed by atoms with Gasteiger partial charge in [-0.3, -0.25) is 9.59 Å². The van der Waals surface area contributed by atoms with Gasteiger partial charge in [-0.1, -0.05) is 36.8 Å². The van der Waals surface area contributed by atoms with E-state index in [1.54, 1.807) is 0 Å². The van der Waals surface area contributed by atoms with Crippen LogP contribution in [0.4, 0.5) is 0 Å². The molecule has 0 unspecified atom stereocenters. The first-order valence-electron chi connectivity index (χ1n) is 7.70. The first-order valence-corrected chi connectivity index (χ1v) is 7.70. The number of nitrogens with zero attached hydrogens (tertiary/aromatic N) is 1. The Kier molecular flexibility index (Phi) is 4.23. The van der Waals surface area contributed by atoms with Crippen LogP contribution >= 0.6 is 0 Å². The zero-order chi connectivity index (χ0) is 14.7. The molecule has 1 aliphatic heterocycles. The van der Waals surface area contributed by atoms with E-state index in [4.69, 9.17) is 4.74 Å². The van der Waals surface area contributed by atoms with Crippen LogP contribution in [0.25, 0.3) is 0 Å². The molecule has 21 heavy (non-hydrogen) atoms. The van der Waals surface area contributed by atoms with Crippen molar-refractivity contribution in [2.24, 2.45) is 11.8 Å². The third-order valence-corrected chi connectivity index (χ3v) is 4.41. The average molecular weight is 287 g/mol. The summed E-state index contributed by atoms with van der Waals surface area (Å²) in [5, 5.41) is 0. The number of likely N-dealkylation sites (tertiary alicyclic amines) is 1. The Bertz CT molecular complexity index is 510. The zero-order valence-corrected chi connectivity index (χ0v) is 12.2. The molecule has 0 spiro atoms. The molecular formula is C17H21NO3. The monoisotopic (exact) mass is 287 g/mol. The lowest BCUT2D eigenvalue weighted by molar-refractivity contribution is -0.152. The summed E-state index contributed by atoms with van der Waals surface area (Å²) in [6, 6.07) is 9.98. The van der Waals surface area contributed by atoms with Crippen LogP contribution in [0.5, 0.6) is 0 Å². The maximum Gasteiger partial charge on any atom is 0.308 e. The van der Waals surface area contributed by atoms with Crippen molar-refractivity contribution in [1.29, 1.82) is 0 Å². The molecule has 1 aromatic rings. The Morgan fingerprint density at radius 2 is 2.00 bits per heavy atom. The number of esters is 1. The van der Waals surface area contributed by atoms with Gasteiger partial charge in [0, 0.05) is 25.4 Å². The zero-order valence-electron chi connectivity index (χ0n) is 12.2. The molecule has 1 atom stereocenters. The Balaban J connectivity index is 1.46. The van der Waals surface area contributed by atoms with Crippen molar-refractivity contribution in [3.8, 4) is 0 Å². The Morgan fingerprint density at radius 3 is 2.67 bits per heavy atom. The van der Waals surface area contributed by atoms with E-state index < -0.39 is 0 Å². The van der Waals surface area contributed by atoms with Crippen molar-refractivity contribution in [2.45, 2.75) is 32.2 Å². The molecular weight excluding hydrogens is 266 g/mol. The second kappa shape index (κ2) is 6.29. The maximum absolute atomic E-state index is 12.0. The molecule has 1 saturated carbocycles. The van der Waals surface area contributed by atoms with E-state index in [1.807, 2.05) is 35.2 Å². The highest BCUT2D eigenvalue weighted by Gasteiger charge is 2.32. The van der Waals surface area contributed by atoms with Gasteiger partial charge in [0.15, 0.2) is 0 Å². The SMILES string of the molecule is O=C(OC[C@H]1CC(=O)N(Cc2ccccc2)C1)C1CCC1. The Labute approximate surface area is 125 Å². The smallest absolute Gasteiger partial charge is 0.308 e. The summed E-state index contributed by atoms with van der Waals surface area (Å²) in [6.07, 6.45) is 3.54. The third kappa shape index (κ3) is 3.43. The first-order chi connectivity index (χ1) is 10.2. The van der Waals surface area contributed by atoms with E-state index in [0.29, 0.717) is 26.1 Å². The van der Waals surface area contributed by atoms with Gasteiger partial charge in [0.05, 0.1) is 12.5 Å². The predicted molar refractivity (Wildman–Crippen MR) is 78.3 cm³/mol. The van der Waals surface area contributed by atoms with Crippen LogP contribution in [-0.2, 0) is 20.9 Å². The van der Waals surface area contributed by atoms with Crippen LogP contribution in [0.2, 0.25) is 0 Å². The molecule has 2 aliphatic rings. The Morgan fingerprint density at radius 1 is 1.24 bits per heavy atom. The lowest BCUT2D eigenvalue weighted by Crippen LogP contribution is -2.27. The normalized spacial score (nSPS) is 22.2. The molecule has 0 bridgehead atoms. The number of hydrogen-bond acceptors (Lipinski definition) is 3. The lowest BCUT2D eigenvalue weighted by Gasteiger charge is -2.24. The summed E-state index contributed by atoms with van der Waals surface area (Å²) in [6.45, 7) is 1.71. The molecule has 1 amide bonds. The van der Waals surface area contributed by atoms with Gasteiger partial charge in [-0.05, 0) is 18.4 Å². The fourth-order valence-corrected chi connectivity index (χ4v) is 2.88. The minimum absolute atomic E-state index is 0.0739. The highest BCUT2D eigenvalue weighted by Crippen LogP contribution is 2.28. The highest BCUT2D eigenvalue weighted by molar-refractivity contribution is 5.79. The largest absolute Gasteiger partial charge is 0.465 e. The minimum Gasteiger partial charge on any atom is -0.465 e. The van der Waals surface area contributed by atoms with Crippen molar-refractivity contribution >= 4 is 11.9 Å². The molecule has 4 heteroatoms. The topological polar surface area (TPSA) is 46.6 Å².